The Morgan fingerprint density at radius 2 is 2.03 bits per heavy atom. The van der Waals surface area contributed by atoms with Crippen LogP contribution in [0.25, 0.3) is 0 Å². The summed E-state index contributed by atoms with van der Waals surface area (Å²) in [6.45, 7) is 9.56. The zero-order chi connectivity index (χ0) is 26.5. The molecule has 1 spiro atoms. The van der Waals surface area contributed by atoms with Crippen molar-refractivity contribution >= 4 is 17.9 Å². The molecule has 9 heteroatoms. The van der Waals surface area contributed by atoms with Gasteiger partial charge in [0.05, 0.1) is 30.1 Å². The molecule has 2 N–H and O–H groups in total. The van der Waals surface area contributed by atoms with Crippen molar-refractivity contribution in [2.24, 2.45) is 28.6 Å². The van der Waals surface area contributed by atoms with Crippen LogP contribution in [0.1, 0.15) is 66.7 Å². The van der Waals surface area contributed by atoms with Crippen LogP contribution < -0.4 is 0 Å². The predicted molar refractivity (Wildman–Crippen MR) is 127 cm³/mol. The van der Waals surface area contributed by atoms with E-state index in [0.717, 1.165) is 0 Å². The van der Waals surface area contributed by atoms with Gasteiger partial charge in [0.2, 0.25) is 0 Å². The zero-order valence-electron chi connectivity index (χ0n) is 22.0. The van der Waals surface area contributed by atoms with Crippen LogP contribution in [0, 0.1) is 28.6 Å². The van der Waals surface area contributed by atoms with Crippen molar-refractivity contribution in [3.63, 3.8) is 0 Å². The minimum atomic E-state index is -1.01. The second-order valence-electron chi connectivity index (χ2n) is 11.6. The van der Waals surface area contributed by atoms with Crippen LogP contribution in [0.15, 0.2) is 11.6 Å². The number of epoxide rings is 1. The first-order valence-corrected chi connectivity index (χ1v) is 13.1. The summed E-state index contributed by atoms with van der Waals surface area (Å²) in [5, 5.41) is 22.9. The van der Waals surface area contributed by atoms with E-state index in [0.29, 0.717) is 37.9 Å². The molecule has 0 bridgehead atoms. The SMILES string of the molecule is CCC(C)C(=O)OC1CCC2(CO2)C2(COC(C)=O)C(O)CC(C)C(C)(CC(O)C3=CC(=O)OC3)C12. The van der Waals surface area contributed by atoms with Crippen molar-refractivity contribution in [3.8, 4) is 0 Å². The van der Waals surface area contributed by atoms with Crippen molar-refractivity contribution in [1.29, 1.82) is 0 Å². The van der Waals surface area contributed by atoms with Crippen LogP contribution in [0.4, 0.5) is 0 Å². The minimum Gasteiger partial charge on any atom is -0.465 e. The molecular formula is C27H40O9. The molecule has 202 valence electrons. The van der Waals surface area contributed by atoms with Gasteiger partial charge in [0.1, 0.15) is 24.9 Å². The van der Waals surface area contributed by atoms with Gasteiger partial charge in [0, 0.05) is 24.5 Å². The highest BCUT2D eigenvalue weighted by Gasteiger charge is 2.76. The molecule has 2 aliphatic carbocycles. The number of carbonyl (C=O) groups is 3. The molecule has 4 rings (SSSR count). The normalized spacial score (nSPS) is 41.1. The molecule has 2 heterocycles. The molecule has 0 aromatic carbocycles. The number of carbonyl (C=O) groups excluding carboxylic acids is 3. The highest BCUT2D eigenvalue weighted by atomic mass is 16.6. The van der Waals surface area contributed by atoms with Gasteiger partial charge in [-0.15, -0.1) is 0 Å². The molecule has 4 aliphatic rings. The van der Waals surface area contributed by atoms with Crippen molar-refractivity contribution in [2.45, 2.75) is 90.6 Å². The van der Waals surface area contributed by atoms with Gasteiger partial charge in [-0.2, -0.15) is 0 Å². The number of hydrogen-bond donors (Lipinski definition) is 2. The summed E-state index contributed by atoms with van der Waals surface area (Å²) in [6, 6.07) is 0. The summed E-state index contributed by atoms with van der Waals surface area (Å²) in [6.07, 6.45) is 1.40. The van der Waals surface area contributed by atoms with Crippen molar-refractivity contribution < 1.29 is 43.5 Å². The van der Waals surface area contributed by atoms with Crippen molar-refractivity contribution in [1.82, 2.24) is 0 Å². The Labute approximate surface area is 212 Å². The molecule has 36 heavy (non-hydrogen) atoms. The Morgan fingerprint density at radius 3 is 2.58 bits per heavy atom. The third-order valence-electron chi connectivity index (χ3n) is 9.65. The lowest BCUT2D eigenvalue weighted by atomic mass is 9.42. The smallest absolute Gasteiger partial charge is 0.331 e. The van der Waals surface area contributed by atoms with Crippen LogP contribution in [0.3, 0.4) is 0 Å². The molecular weight excluding hydrogens is 468 g/mol. The van der Waals surface area contributed by atoms with Crippen LogP contribution >= 0.6 is 0 Å². The number of aliphatic hydroxyl groups excluding tert-OH is 2. The van der Waals surface area contributed by atoms with Gasteiger partial charge in [-0.1, -0.05) is 27.7 Å². The molecule has 3 fully saturated rings. The Hall–Kier alpha value is -1.97. The molecule has 9 nitrogen and oxygen atoms in total. The first-order chi connectivity index (χ1) is 16.9. The monoisotopic (exact) mass is 508 g/mol. The summed E-state index contributed by atoms with van der Waals surface area (Å²) in [4.78, 5) is 36.6. The van der Waals surface area contributed by atoms with Crippen LogP contribution in [0.2, 0.25) is 0 Å². The number of rotatable bonds is 8. The van der Waals surface area contributed by atoms with E-state index in [1.165, 1.54) is 13.0 Å². The third kappa shape index (κ3) is 4.37. The van der Waals surface area contributed by atoms with Crippen molar-refractivity contribution in [3.05, 3.63) is 11.6 Å². The summed E-state index contributed by atoms with van der Waals surface area (Å²) < 4.78 is 22.8. The second kappa shape index (κ2) is 9.72. The Morgan fingerprint density at radius 1 is 1.33 bits per heavy atom. The van der Waals surface area contributed by atoms with E-state index in [-0.39, 0.29) is 37.4 Å². The molecule has 0 amide bonds. The first-order valence-electron chi connectivity index (χ1n) is 13.1. The predicted octanol–water partition coefficient (Wildman–Crippen LogP) is 2.31. The van der Waals surface area contributed by atoms with Crippen LogP contribution in [-0.4, -0.2) is 71.9 Å². The van der Waals surface area contributed by atoms with Gasteiger partial charge in [-0.05, 0) is 43.4 Å². The van der Waals surface area contributed by atoms with Crippen molar-refractivity contribution in [2.75, 3.05) is 19.8 Å². The van der Waals surface area contributed by atoms with Gasteiger partial charge in [0.15, 0.2) is 0 Å². The van der Waals surface area contributed by atoms with Crippen LogP contribution in [-0.2, 0) is 33.3 Å². The van der Waals surface area contributed by atoms with E-state index in [4.69, 9.17) is 18.9 Å². The average Bonchev–Trinajstić information content (AvgIpc) is 3.47. The highest BCUT2D eigenvalue weighted by Crippen LogP contribution is 2.69. The van der Waals surface area contributed by atoms with Gasteiger partial charge in [0.25, 0.3) is 0 Å². The number of hydrogen-bond acceptors (Lipinski definition) is 9. The number of esters is 3. The van der Waals surface area contributed by atoms with Crippen LogP contribution in [0.5, 0.6) is 0 Å². The largest absolute Gasteiger partial charge is 0.465 e. The topological polar surface area (TPSA) is 132 Å². The lowest BCUT2D eigenvalue weighted by Crippen LogP contribution is -2.70. The van der Waals surface area contributed by atoms with E-state index < -0.39 is 52.6 Å². The number of fused-ring (bicyclic) bond motifs is 2. The van der Waals surface area contributed by atoms with Gasteiger partial charge in [-0.3, -0.25) is 9.59 Å². The fraction of sp³-hybridized carbons (Fsp3) is 0.815. The summed E-state index contributed by atoms with van der Waals surface area (Å²) in [5.74, 6) is -2.05. The highest BCUT2D eigenvalue weighted by molar-refractivity contribution is 5.85. The Kier molecular flexibility index (Phi) is 7.31. The molecule has 9 atom stereocenters. The van der Waals surface area contributed by atoms with Gasteiger partial charge < -0.3 is 29.2 Å². The van der Waals surface area contributed by atoms with Gasteiger partial charge >= 0.3 is 17.9 Å². The fourth-order valence-electron chi connectivity index (χ4n) is 7.09. The molecule has 9 unspecified atom stereocenters. The second-order valence-corrected chi connectivity index (χ2v) is 11.6. The van der Waals surface area contributed by atoms with E-state index in [9.17, 15) is 24.6 Å². The van der Waals surface area contributed by atoms with E-state index in [1.54, 1.807) is 0 Å². The standard InChI is InChI=1S/C27H40O9/c1-6-15(2)24(32)36-20-7-8-26(13-35-26)27(14-34-17(4)28)21(30)9-16(3)25(5,23(20)27)11-19(29)18-10-22(31)33-12-18/h10,15-16,19-21,23,29-30H,6-9,11-14H2,1-5H3. The molecule has 2 saturated carbocycles. The maximum Gasteiger partial charge on any atom is 0.331 e. The quantitative estimate of drug-likeness (QED) is 0.288. The molecule has 2 aliphatic heterocycles. The Bertz CT molecular complexity index is 924. The number of aliphatic hydroxyl groups is 2. The third-order valence-corrected chi connectivity index (χ3v) is 9.65. The van der Waals surface area contributed by atoms with E-state index >= 15 is 0 Å². The summed E-state index contributed by atoms with van der Waals surface area (Å²) in [5.41, 5.74) is -1.84. The molecule has 0 aromatic rings. The van der Waals surface area contributed by atoms with E-state index in [1.807, 2.05) is 27.7 Å². The minimum absolute atomic E-state index is 0.0375. The summed E-state index contributed by atoms with van der Waals surface area (Å²) >= 11 is 0. The lowest BCUT2D eigenvalue weighted by Gasteiger charge is -2.64. The first kappa shape index (κ1) is 27.1. The number of ether oxygens (including phenoxy) is 4. The molecule has 0 radical (unpaired) electrons. The molecule has 0 aromatic heterocycles. The maximum atomic E-state index is 13.0. The average molecular weight is 509 g/mol. The number of cyclic esters (lactones) is 1. The Balaban J connectivity index is 1.79. The fourth-order valence-corrected chi connectivity index (χ4v) is 7.09. The summed E-state index contributed by atoms with van der Waals surface area (Å²) in [7, 11) is 0. The zero-order valence-corrected chi connectivity index (χ0v) is 22.0. The lowest BCUT2D eigenvalue weighted by molar-refractivity contribution is -0.254. The molecule has 1 saturated heterocycles. The van der Waals surface area contributed by atoms with Gasteiger partial charge in [-0.25, -0.2) is 4.79 Å². The maximum absolute atomic E-state index is 13.0. The van der Waals surface area contributed by atoms with E-state index in [2.05, 4.69) is 0 Å².